The lowest BCUT2D eigenvalue weighted by atomic mass is 10.0. The number of carbonyl (C=O) groups excluding carboxylic acids is 6. The van der Waals surface area contributed by atoms with Gasteiger partial charge in [-0.2, -0.15) is 9.13 Å². The van der Waals surface area contributed by atoms with E-state index in [9.17, 15) is 28.8 Å². The number of unbranched alkanes of at least 4 members (excludes halogenated alkanes) is 4. The molecular weight excluding hydrogens is 1740 g/mol. The zero-order valence-corrected chi connectivity index (χ0v) is 90.9. The minimum atomic E-state index is -2.31. The lowest BCUT2D eigenvalue weighted by Crippen LogP contribution is -2.51. The highest BCUT2D eigenvalue weighted by Gasteiger charge is 2.42. The first-order chi connectivity index (χ1) is 56.2. The Balaban J connectivity index is 1.02. The second-order valence-electron chi connectivity index (χ2n) is 40.1. The van der Waals surface area contributed by atoms with Gasteiger partial charge in [0.25, 0.3) is 0 Å². The quantitative estimate of drug-likeness (QED) is 0.0113. The maximum absolute atomic E-state index is 13.9. The Kier molecular flexibility index (Phi) is 39.0. The van der Waals surface area contributed by atoms with Gasteiger partial charge in [0.1, 0.15) is 13.2 Å². The van der Waals surface area contributed by atoms with Crippen molar-refractivity contribution in [2.75, 3.05) is 26.4 Å². The van der Waals surface area contributed by atoms with Crippen molar-refractivity contribution in [3.63, 3.8) is 0 Å². The van der Waals surface area contributed by atoms with Crippen LogP contribution in [0.15, 0.2) is 134 Å². The molecule has 2 heterocycles. The molecular formula is C88H146N2O20Si12+2. The molecule has 4 aromatic carbocycles. The summed E-state index contributed by atoms with van der Waals surface area (Å²) in [6, 6.07) is 35.7. The summed E-state index contributed by atoms with van der Waals surface area (Å²) in [6.07, 6.45) is 13.8. The van der Waals surface area contributed by atoms with Crippen molar-refractivity contribution < 1.29 is 99.2 Å². The first-order valence-electron chi connectivity index (χ1n) is 43.3. The van der Waals surface area contributed by atoms with E-state index < -0.39 is 137 Å². The average Bonchev–Trinajstić information content (AvgIpc) is 0.843. The van der Waals surface area contributed by atoms with E-state index in [1.165, 1.54) is 36.4 Å². The Labute approximate surface area is 742 Å². The van der Waals surface area contributed by atoms with Crippen LogP contribution in [0.3, 0.4) is 0 Å². The van der Waals surface area contributed by atoms with Gasteiger partial charge in [0.15, 0.2) is 91.3 Å². The summed E-state index contributed by atoms with van der Waals surface area (Å²) < 4.78 is 91.5. The first kappa shape index (κ1) is 105. The number of nitrogens with zero attached hydrogens (tertiary/aromatic N) is 2. The van der Waals surface area contributed by atoms with Crippen LogP contribution in [0, 0.1) is 0 Å². The lowest BCUT2D eigenvalue weighted by molar-refractivity contribution is -0.778. The van der Waals surface area contributed by atoms with Crippen LogP contribution in [-0.4, -0.2) is 163 Å². The van der Waals surface area contributed by atoms with Gasteiger partial charge in [-0.15, -0.1) is 0 Å². The van der Waals surface area contributed by atoms with Crippen molar-refractivity contribution in [1.29, 1.82) is 0 Å². The largest absolute Gasteiger partial charge is 0.462 e. The molecule has 6 rings (SSSR count). The molecule has 0 aliphatic rings. The number of benzene rings is 4. The predicted molar refractivity (Wildman–Crippen MR) is 514 cm³/mol. The molecule has 0 saturated carbocycles. The highest BCUT2D eigenvalue weighted by atomic mass is 28.5. The van der Waals surface area contributed by atoms with Gasteiger partial charge in [-0.25, -0.2) is 28.8 Å². The molecule has 122 heavy (non-hydrogen) atoms. The number of ether oxygens (including phenoxy) is 6. The Morgan fingerprint density at radius 1 is 0.238 bits per heavy atom. The molecule has 674 valence electrons. The van der Waals surface area contributed by atoms with Gasteiger partial charge in [-0.05, 0) is 303 Å². The van der Waals surface area contributed by atoms with Crippen LogP contribution in [0.1, 0.15) is 125 Å². The number of pyridine rings is 2. The summed E-state index contributed by atoms with van der Waals surface area (Å²) in [5, 5.41) is 0. The summed E-state index contributed by atoms with van der Waals surface area (Å²) in [6.45, 7) is 62.5. The van der Waals surface area contributed by atoms with Crippen molar-refractivity contribution in [2.45, 2.75) is 285 Å². The normalized spacial score (nSPS) is 13.0. The zero-order chi connectivity index (χ0) is 91.1. The van der Waals surface area contributed by atoms with Crippen molar-refractivity contribution in [1.82, 2.24) is 0 Å². The second-order valence-corrected chi connectivity index (χ2v) is 90.8. The summed E-state index contributed by atoms with van der Waals surface area (Å²) >= 11 is 0. The molecule has 0 fully saturated rings. The van der Waals surface area contributed by atoms with Crippen LogP contribution < -0.4 is 9.13 Å². The first-order valence-corrected chi connectivity index (χ1v) is 80.7. The van der Waals surface area contributed by atoms with Crippen LogP contribution in [0.5, 0.6) is 0 Å². The van der Waals surface area contributed by atoms with E-state index in [0.717, 1.165) is 83.2 Å². The predicted octanol–water partition coefficient (Wildman–Crippen LogP) is 21.9. The van der Waals surface area contributed by atoms with E-state index in [2.05, 4.69) is 217 Å². The molecule has 0 N–H and O–H groups in total. The van der Waals surface area contributed by atoms with Crippen molar-refractivity contribution in [2.24, 2.45) is 0 Å². The number of hydrogen-bond donors (Lipinski definition) is 0. The van der Waals surface area contributed by atoms with E-state index in [-0.39, 0.29) is 73.0 Å². The SMILES string of the molecule is C[Si](C)(C)O[Si](C)(C)O[Si](C)(C)CCCCOC(=O)c1cc(C(=O)OCCCC[Si](C)(C)O[Si](C)(C)O[Si](C)(C)C)cc(C(=O)OCc2ccc(-c3cc[n+](CC[n+]4ccc(-c5ccc(COC(=O)c6cc(C(=O)OCCCC[Si](C)(C)O[Si](C)(C)O[Si](C)(C)C)cc(C(=O)OCCCC[Si](C)(C)O[Si](C)(C)O[Si](C)(C)C)c6)cc5)cc4)cc3)cc2)c1. The number of aromatic nitrogens is 2. The number of hydrogen-bond acceptors (Lipinski definition) is 20. The van der Waals surface area contributed by atoms with E-state index in [4.69, 9.17) is 61.3 Å². The summed E-state index contributed by atoms with van der Waals surface area (Å²) in [7, 11) is -24.7. The maximum Gasteiger partial charge on any atom is 0.338 e. The number of carbonyl (C=O) groups is 6. The van der Waals surface area contributed by atoms with E-state index in [1.807, 2.05) is 73.3 Å². The average molecular weight is 1890 g/mol. The molecule has 0 saturated heterocycles. The Hall–Kier alpha value is -5.72. The smallest absolute Gasteiger partial charge is 0.338 e. The minimum Gasteiger partial charge on any atom is -0.462 e. The second kappa shape index (κ2) is 45.3. The van der Waals surface area contributed by atoms with Gasteiger partial charge in [0.05, 0.1) is 59.8 Å². The van der Waals surface area contributed by atoms with Gasteiger partial charge in [0, 0.05) is 24.3 Å². The van der Waals surface area contributed by atoms with Crippen LogP contribution >= 0.6 is 0 Å². The Morgan fingerprint density at radius 2 is 0.426 bits per heavy atom. The number of rotatable bonds is 51. The molecule has 0 aliphatic carbocycles. The Bertz CT molecular complexity index is 3960. The third-order valence-corrected chi connectivity index (χ3v) is 59.5. The molecule has 0 unspecified atom stereocenters. The summed E-state index contributed by atoms with van der Waals surface area (Å²) in [4.78, 5) is 82.8. The van der Waals surface area contributed by atoms with Gasteiger partial charge in [-0.1, -0.05) is 74.2 Å². The van der Waals surface area contributed by atoms with Crippen LogP contribution in [0.4, 0.5) is 0 Å². The van der Waals surface area contributed by atoms with Gasteiger partial charge < -0.3 is 61.3 Å². The lowest BCUT2D eigenvalue weighted by Gasteiger charge is -2.37. The van der Waals surface area contributed by atoms with E-state index >= 15 is 0 Å². The summed E-state index contributed by atoms with van der Waals surface area (Å²) in [5.74, 6) is -4.05. The number of aryl methyl sites for hydroxylation is 2. The fourth-order valence-corrected chi connectivity index (χ4v) is 68.4. The molecule has 0 radical (unpaired) electrons. The van der Waals surface area contributed by atoms with Crippen LogP contribution in [-0.2, 0) is 87.6 Å². The van der Waals surface area contributed by atoms with Crippen molar-refractivity contribution >= 4 is 137 Å². The molecule has 6 aromatic rings. The summed E-state index contributed by atoms with van der Waals surface area (Å²) in [5.41, 5.74) is 5.69. The molecule has 22 nitrogen and oxygen atoms in total. The molecule has 34 heteroatoms. The van der Waals surface area contributed by atoms with Gasteiger partial charge in [-0.3, -0.25) is 0 Å². The molecule has 0 amide bonds. The van der Waals surface area contributed by atoms with Gasteiger partial charge >= 0.3 is 70.1 Å². The molecule has 2 aromatic heterocycles. The molecule has 0 atom stereocenters. The van der Waals surface area contributed by atoms with E-state index in [1.54, 1.807) is 0 Å². The van der Waals surface area contributed by atoms with Crippen molar-refractivity contribution in [3.8, 4) is 22.3 Å². The zero-order valence-electron chi connectivity index (χ0n) is 78.9. The van der Waals surface area contributed by atoms with Crippen LogP contribution in [0.2, 0.25) is 207 Å². The highest BCUT2D eigenvalue weighted by molar-refractivity contribution is 6.90. The van der Waals surface area contributed by atoms with E-state index in [0.29, 0.717) is 38.8 Å². The highest BCUT2D eigenvalue weighted by Crippen LogP contribution is 2.31. The van der Waals surface area contributed by atoms with Crippen LogP contribution in [0.25, 0.3) is 22.3 Å². The fourth-order valence-electron chi connectivity index (χ4n) is 15.3. The third-order valence-electron chi connectivity index (χ3n) is 18.9. The molecule has 0 spiro atoms. The monoisotopic (exact) mass is 1890 g/mol. The Morgan fingerprint density at radius 3 is 0.623 bits per heavy atom. The third kappa shape index (κ3) is 40.9. The topological polar surface area (TPSA) is 239 Å². The molecule has 0 aliphatic heterocycles. The van der Waals surface area contributed by atoms with Gasteiger partial charge in [0.2, 0.25) is 13.1 Å². The maximum atomic E-state index is 13.9. The molecule has 0 bridgehead atoms. The standard InChI is InChI=1S/C88H146N2O20Si12/c1-111(2,3)103-119(21,22)107-115(13,14)59-33-29-55-97-83(91)77-63-78(84(92)98-56-30-34-60-116(15,16)108-120(23,24)104-112(4,5)6)66-81(65-77)87(95)101-69-71-37-41-73(42-38-71)75-45-49-89(50-46-75)53-54-90-51-47-76(48-52-90)74-43-39-72(40-44-74)70-102-88(96)82-67-79(85(93)99-57-31-35-61-117(17,18)109-121(25,26)105-113(7,8)9)64-80(68-82)86(94)100-58-32-36-62-118(19,20)110-122(27,28)106-114(10,11)12/h37-52,63-68H,29-36,53-62,69-70H2,1-28H3/q+2. The minimum absolute atomic E-state index is 0.0230. The fraction of sp³-hybridized carbons (Fsp3) is 0.545. The van der Waals surface area contributed by atoms with Crippen molar-refractivity contribution in [3.05, 3.63) is 178 Å². The number of esters is 6.